The number of rotatable bonds is 3. The van der Waals surface area contributed by atoms with Crippen LogP contribution in [0.15, 0.2) is 12.1 Å². The molecule has 1 aromatic carbocycles. The van der Waals surface area contributed by atoms with Gasteiger partial charge in [-0.3, -0.25) is 4.79 Å². The number of benzene rings is 1. The van der Waals surface area contributed by atoms with Gasteiger partial charge >= 0.3 is 12.8 Å². The molecule has 0 aromatic heterocycles. The predicted octanol–water partition coefficient (Wildman–Crippen LogP) is 4.11. The lowest BCUT2D eigenvalue weighted by Crippen LogP contribution is -2.13. The average Bonchev–Trinajstić information content (AvgIpc) is 2.17. The van der Waals surface area contributed by atoms with Gasteiger partial charge in [-0.15, -0.1) is 0 Å². The third-order valence-electron chi connectivity index (χ3n) is 1.97. The Balaban J connectivity index is 3.39. The molecule has 1 rings (SSSR count). The summed E-state index contributed by atoms with van der Waals surface area (Å²) in [5, 5.41) is 0. The van der Waals surface area contributed by atoms with E-state index in [1.54, 1.807) is 0 Å². The Bertz CT molecular complexity index is 470. The van der Waals surface area contributed by atoms with Crippen molar-refractivity contribution in [2.75, 3.05) is 0 Å². The van der Waals surface area contributed by atoms with Crippen LogP contribution in [0, 0.1) is 3.57 Å². The van der Waals surface area contributed by atoms with Gasteiger partial charge in [-0.05, 0) is 41.6 Å². The second-order valence-corrected chi connectivity index (χ2v) is 4.42. The summed E-state index contributed by atoms with van der Waals surface area (Å²) in [5.74, 6) is -1.33. The van der Waals surface area contributed by atoms with Crippen LogP contribution in [0.25, 0.3) is 0 Å². The first-order chi connectivity index (χ1) is 8.12. The van der Waals surface area contributed by atoms with Crippen molar-refractivity contribution in [2.45, 2.75) is 19.7 Å². The second kappa shape index (κ2) is 5.37. The molecule has 0 radical (unpaired) electrons. The van der Waals surface area contributed by atoms with Gasteiger partial charge < -0.3 is 4.74 Å². The number of carbonyl (C=O) groups excluding carboxylic acids is 1. The lowest BCUT2D eigenvalue weighted by atomic mass is 10.0. The van der Waals surface area contributed by atoms with Gasteiger partial charge in [-0.25, -0.2) is 0 Å². The maximum Gasteiger partial charge on any atom is 0.417 e. The number of Topliss-reactive ketones (excluding diaryl/α,β-unsaturated/α-hetero) is 1. The fourth-order valence-corrected chi connectivity index (χ4v) is 1.86. The lowest BCUT2D eigenvalue weighted by molar-refractivity contribution is -0.138. The van der Waals surface area contributed by atoms with Crippen molar-refractivity contribution in [1.82, 2.24) is 0 Å². The maximum atomic E-state index is 12.6. The number of carbonyl (C=O) groups is 1. The molecule has 0 aliphatic heterocycles. The van der Waals surface area contributed by atoms with Crippen molar-refractivity contribution in [3.63, 3.8) is 0 Å². The summed E-state index contributed by atoms with van der Waals surface area (Å²) in [6, 6.07) is 1.29. The van der Waals surface area contributed by atoms with Crippen molar-refractivity contribution in [1.29, 1.82) is 0 Å². The van der Waals surface area contributed by atoms with E-state index in [2.05, 4.69) is 4.74 Å². The molecule has 0 atom stereocenters. The molecule has 0 unspecified atom stereocenters. The molecule has 0 heterocycles. The highest BCUT2D eigenvalue weighted by Gasteiger charge is 2.35. The highest BCUT2D eigenvalue weighted by molar-refractivity contribution is 14.1. The van der Waals surface area contributed by atoms with Gasteiger partial charge in [0.15, 0.2) is 5.78 Å². The molecule has 0 spiro atoms. The third kappa shape index (κ3) is 3.53. The Labute approximate surface area is 112 Å². The van der Waals surface area contributed by atoms with Crippen LogP contribution in [0.4, 0.5) is 22.0 Å². The zero-order valence-corrected chi connectivity index (χ0v) is 11.0. The van der Waals surface area contributed by atoms with E-state index in [1.807, 2.05) is 0 Å². The predicted molar refractivity (Wildman–Crippen MR) is 60.8 cm³/mol. The first kappa shape index (κ1) is 15.1. The SMILES string of the molecule is CC(=O)c1cc(OC(F)F)c(I)cc1C(F)(F)F. The zero-order valence-electron chi connectivity index (χ0n) is 8.82. The van der Waals surface area contributed by atoms with E-state index in [0.717, 1.165) is 6.92 Å². The minimum atomic E-state index is -4.73. The van der Waals surface area contributed by atoms with Crippen molar-refractivity contribution < 1.29 is 31.5 Å². The van der Waals surface area contributed by atoms with Crippen LogP contribution >= 0.6 is 22.6 Å². The summed E-state index contributed by atoms with van der Waals surface area (Å²) < 4.78 is 65.9. The van der Waals surface area contributed by atoms with Crippen LogP contribution < -0.4 is 4.74 Å². The first-order valence-corrected chi connectivity index (χ1v) is 5.57. The van der Waals surface area contributed by atoms with Crippen LogP contribution in [0.5, 0.6) is 5.75 Å². The molecule has 0 aliphatic rings. The Morgan fingerprint density at radius 1 is 1.33 bits per heavy atom. The van der Waals surface area contributed by atoms with Crippen LogP contribution in [0.2, 0.25) is 0 Å². The lowest BCUT2D eigenvalue weighted by Gasteiger charge is -2.14. The summed E-state index contributed by atoms with van der Waals surface area (Å²) >= 11 is 1.43. The van der Waals surface area contributed by atoms with Crippen molar-refractivity contribution >= 4 is 28.4 Å². The van der Waals surface area contributed by atoms with Crippen LogP contribution in [0.3, 0.4) is 0 Å². The minimum absolute atomic E-state index is 0.148. The van der Waals surface area contributed by atoms with E-state index in [0.29, 0.717) is 12.1 Å². The molecular weight excluding hydrogens is 374 g/mol. The molecule has 0 aliphatic carbocycles. The van der Waals surface area contributed by atoms with E-state index >= 15 is 0 Å². The summed E-state index contributed by atoms with van der Waals surface area (Å²) in [6.45, 7) is -2.25. The summed E-state index contributed by atoms with van der Waals surface area (Å²) in [4.78, 5) is 11.1. The molecular formula is C10H6F5IO2. The molecule has 8 heteroatoms. The van der Waals surface area contributed by atoms with Crippen molar-refractivity contribution in [3.8, 4) is 5.75 Å². The van der Waals surface area contributed by atoms with E-state index in [4.69, 9.17) is 0 Å². The van der Waals surface area contributed by atoms with E-state index in [9.17, 15) is 26.7 Å². The zero-order chi connectivity index (χ0) is 14.1. The molecule has 0 N–H and O–H groups in total. The van der Waals surface area contributed by atoms with Crippen molar-refractivity contribution in [2.24, 2.45) is 0 Å². The standard InChI is InChI=1S/C10H6F5IO2/c1-4(17)5-2-8(18-9(11)12)7(16)3-6(5)10(13,14)15/h2-3,9H,1H3. The van der Waals surface area contributed by atoms with E-state index < -0.39 is 35.4 Å². The van der Waals surface area contributed by atoms with Gasteiger partial charge in [-0.1, -0.05) is 0 Å². The number of halogens is 6. The average molecular weight is 380 g/mol. The Morgan fingerprint density at radius 3 is 2.28 bits per heavy atom. The highest BCUT2D eigenvalue weighted by Crippen LogP contribution is 2.37. The number of hydrogen-bond acceptors (Lipinski definition) is 2. The van der Waals surface area contributed by atoms with Crippen LogP contribution in [0.1, 0.15) is 22.8 Å². The first-order valence-electron chi connectivity index (χ1n) is 4.49. The second-order valence-electron chi connectivity index (χ2n) is 3.26. The molecule has 0 saturated heterocycles. The Hall–Kier alpha value is -0.930. The highest BCUT2D eigenvalue weighted by atomic mass is 127. The van der Waals surface area contributed by atoms with Gasteiger partial charge in [0.25, 0.3) is 0 Å². The van der Waals surface area contributed by atoms with Gasteiger partial charge in [0.05, 0.1) is 9.13 Å². The largest absolute Gasteiger partial charge is 0.434 e. The molecule has 2 nitrogen and oxygen atoms in total. The number of ether oxygens (including phenoxy) is 1. The molecule has 0 saturated carbocycles. The maximum absolute atomic E-state index is 12.6. The fraction of sp³-hybridized carbons (Fsp3) is 0.300. The number of ketones is 1. The van der Waals surface area contributed by atoms with Gasteiger partial charge in [0.2, 0.25) is 0 Å². The van der Waals surface area contributed by atoms with Gasteiger partial charge in [0, 0.05) is 5.56 Å². The number of hydrogen-bond donors (Lipinski definition) is 0. The topological polar surface area (TPSA) is 26.3 Å². The minimum Gasteiger partial charge on any atom is -0.434 e. The number of alkyl halides is 5. The summed E-state index contributed by atoms with van der Waals surface area (Å²) in [6.07, 6.45) is -4.73. The third-order valence-corrected chi connectivity index (χ3v) is 2.82. The van der Waals surface area contributed by atoms with Crippen LogP contribution in [-0.2, 0) is 6.18 Å². The molecule has 0 bridgehead atoms. The summed E-state index contributed by atoms with van der Waals surface area (Å²) in [5.41, 5.74) is -1.86. The van der Waals surface area contributed by atoms with Gasteiger partial charge in [-0.2, -0.15) is 22.0 Å². The Morgan fingerprint density at radius 2 is 1.89 bits per heavy atom. The Kier molecular flexibility index (Phi) is 4.51. The fourth-order valence-electron chi connectivity index (χ4n) is 1.27. The monoisotopic (exact) mass is 380 g/mol. The van der Waals surface area contributed by atoms with Gasteiger partial charge in [0.1, 0.15) is 5.75 Å². The molecule has 100 valence electrons. The molecule has 1 aromatic rings. The molecule has 18 heavy (non-hydrogen) atoms. The molecule has 0 amide bonds. The normalized spacial score (nSPS) is 11.8. The van der Waals surface area contributed by atoms with Crippen molar-refractivity contribution in [3.05, 3.63) is 26.8 Å². The quantitative estimate of drug-likeness (QED) is 0.448. The summed E-state index contributed by atoms with van der Waals surface area (Å²) in [7, 11) is 0. The smallest absolute Gasteiger partial charge is 0.417 e. The van der Waals surface area contributed by atoms with E-state index in [-0.39, 0.29) is 3.57 Å². The van der Waals surface area contributed by atoms with Crippen LogP contribution in [-0.4, -0.2) is 12.4 Å². The molecule has 0 fully saturated rings. The van der Waals surface area contributed by atoms with E-state index in [1.165, 1.54) is 22.6 Å².